The predicted molar refractivity (Wildman–Crippen MR) is 71.5 cm³/mol. The summed E-state index contributed by atoms with van der Waals surface area (Å²) in [6, 6.07) is 5.63. The highest BCUT2D eigenvalue weighted by Crippen LogP contribution is 2.24. The van der Waals surface area contributed by atoms with Crippen LogP contribution < -0.4 is 5.32 Å². The second-order valence-electron chi connectivity index (χ2n) is 4.99. The zero-order valence-electron chi connectivity index (χ0n) is 10.6. The number of oxazole rings is 1. The Balaban J connectivity index is 1.82. The summed E-state index contributed by atoms with van der Waals surface area (Å²) in [5.74, 6) is -0.958. The Bertz CT molecular complexity index is 600. The van der Waals surface area contributed by atoms with Gasteiger partial charge in [-0.05, 0) is 31.0 Å². The topological polar surface area (TPSA) is 75.4 Å². The molecule has 1 aliphatic carbocycles. The minimum Gasteiger partial charge on any atom is -0.478 e. The van der Waals surface area contributed by atoms with E-state index in [0.29, 0.717) is 23.2 Å². The number of hydrogen-bond donors (Lipinski definition) is 2. The molecule has 0 spiro atoms. The second-order valence-corrected chi connectivity index (χ2v) is 4.99. The lowest BCUT2D eigenvalue weighted by molar-refractivity contribution is 0.0697. The van der Waals surface area contributed by atoms with Gasteiger partial charge < -0.3 is 14.8 Å². The summed E-state index contributed by atoms with van der Waals surface area (Å²) < 4.78 is 5.58. The maximum absolute atomic E-state index is 10.9. The van der Waals surface area contributed by atoms with E-state index in [9.17, 15) is 4.79 Å². The summed E-state index contributed by atoms with van der Waals surface area (Å²) in [4.78, 5) is 15.2. The van der Waals surface area contributed by atoms with E-state index in [4.69, 9.17) is 9.52 Å². The number of fused-ring (bicyclic) bond motifs is 1. The maximum atomic E-state index is 10.9. The molecule has 0 amide bonds. The number of carboxylic acid groups (broad SMARTS) is 1. The second kappa shape index (κ2) is 4.91. The highest BCUT2D eigenvalue weighted by atomic mass is 16.4. The Kier molecular flexibility index (Phi) is 3.11. The van der Waals surface area contributed by atoms with Crippen LogP contribution >= 0.6 is 0 Å². The Hall–Kier alpha value is -2.04. The molecule has 5 nitrogen and oxygen atoms in total. The summed E-state index contributed by atoms with van der Waals surface area (Å²) >= 11 is 0. The van der Waals surface area contributed by atoms with Gasteiger partial charge in [0.05, 0.1) is 5.56 Å². The molecular formula is C14H16N2O3. The molecule has 5 heteroatoms. The molecule has 1 heterocycles. The first-order valence-corrected chi connectivity index (χ1v) is 6.63. The third-order valence-electron chi connectivity index (χ3n) is 3.57. The number of aromatic carboxylic acids is 1. The van der Waals surface area contributed by atoms with E-state index in [1.807, 2.05) is 0 Å². The van der Waals surface area contributed by atoms with Crippen LogP contribution in [0.3, 0.4) is 0 Å². The summed E-state index contributed by atoms with van der Waals surface area (Å²) in [6.07, 6.45) is 6.05. The van der Waals surface area contributed by atoms with Gasteiger partial charge in [0.15, 0.2) is 5.58 Å². The molecule has 100 valence electrons. The van der Waals surface area contributed by atoms with E-state index >= 15 is 0 Å². The molecule has 1 fully saturated rings. The van der Waals surface area contributed by atoms with Crippen molar-refractivity contribution in [3.8, 4) is 0 Å². The molecule has 3 rings (SSSR count). The fourth-order valence-corrected chi connectivity index (χ4v) is 2.54. The highest BCUT2D eigenvalue weighted by molar-refractivity contribution is 5.92. The van der Waals surface area contributed by atoms with E-state index < -0.39 is 5.97 Å². The van der Waals surface area contributed by atoms with Crippen molar-refractivity contribution in [1.82, 2.24) is 4.98 Å². The van der Waals surface area contributed by atoms with Crippen molar-refractivity contribution < 1.29 is 14.3 Å². The first-order valence-electron chi connectivity index (χ1n) is 6.63. The molecule has 1 aliphatic rings. The van der Waals surface area contributed by atoms with Gasteiger partial charge in [0.1, 0.15) is 5.52 Å². The van der Waals surface area contributed by atoms with Gasteiger partial charge in [0.25, 0.3) is 6.01 Å². The van der Waals surface area contributed by atoms with Crippen LogP contribution in [0.4, 0.5) is 6.01 Å². The molecule has 1 saturated carbocycles. The number of rotatable bonds is 3. The molecule has 1 aromatic carbocycles. The number of aromatic nitrogens is 1. The van der Waals surface area contributed by atoms with E-state index in [0.717, 1.165) is 12.8 Å². The Morgan fingerprint density at radius 3 is 2.84 bits per heavy atom. The number of carbonyl (C=O) groups is 1. The van der Waals surface area contributed by atoms with Crippen LogP contribution in [0.25, 0.3) is 11.1 Å². The lowest BCUT2D eigenvalue weighted by atomic mass is 9.96. The third kappa shape index (κ3) is 2.54. The van der Waals surface area contributed by atoms with Crippen LogP contribution in [-0.4, -0.2) is 22.1 Å². The normalized spacial score (nSPS) is 16.6. The van der Waals surface area contributed by atoms with Gasteiger partial charge in [-0.3, -0.25) is 0 Å². The van der Waals surface area contributed by atoms with Crippen molar-refractivity contribution in [2.75, 3.05) is 5.32 Å². The molecule has 0 saturated heterocycles. The molecule has 2 N–H and O–H groups in total. The molecule has 0 aliphatic heterocycles. The first-order chi connectivity index (χ1) is 9.22. The smallest absolute Gasteiger partial charge is 0.335 e. The average molecular weight is 260 g/mol. The van der Waals surface area contributed by atoms with Gasteiger partial charge in [-0.15, -0.1) is 0 Å². The molecule has 0 unspecified atom stereocenters. The van der Waals surface area contributed by atoms with Crippen LogP contribution in [0.2, 0.25) is 0 Å². The van der Waals surface area contributed by atoms with Gasteiger partial charge in [-0.2, -0.15) is 4.98 Å². The summed E-state index contributed by atoms with van der Waals surface area (Å²) in [6.45, 7) is 0. The molecule has 1 aromatic heterocycles. The van der Waals surface area contributed by atoms with Crippen molar-refractivity contribution >= 4 is 23.1 Å². The molecule has 0 radical (unpaired) electrons. The highest BCUT2D eigenvalue weighted by Gasteiger charge is 2.16. The van der Waals surface area contributed by atoms with Gasteiger partial charge in [-0.25, -0.2) is 4.79 Å². The number of nitrogens with zero attached hydrogens (tertiary/aromatic N) is 1. The monoisotopic (exact) mass is 260 g/mol. The summed E-state index contributed by atoms with van der Waals surface area (Å²) in [5, 5.41) is 12.2. The van der Waals surface area contributed by atoms with Crippen LogP contribution in [0.15, 0.2) is 22.6 Å². The van der Waals surface area contributed by atoms with Gasteiger partial charge in [0, 0.05) is 6.04 Å². The molecule has 0 atom stereocenters. The Morgan fingerprint density at radius 1 is 1.32 bits per heavy atom. The molecule has 19 heavy (non-hydrogen) atoms. The average Bonchev–Trinajstić information content (AvgIpc) is 2.80. The molecular weight excluding hydrogens is 244 g/mol. The summed E-state index contributed by atoms with van der Waals surface area (Å²) in [5.41, 5.74) is 1.41. The van der Waals surface area contributed by atoms with E-state index in [1.165, 1.54) is 31.4 Å². The zero-order chi connectivity index (χ0) is 13.2. The first kappa shape index (κ1) is 12.0. The van der Waals surface area contributed by atoms with E-state index in [2.05, 4.69) is 10.3 Å². The quantitative estimate of drug-likeness (QED) is 0.885. The van der Waals surface area contributed by atoms with Crippen molar-refractivity contribution in [2.24, 2.45) is 0 Å². The maximum Gasteiger partial charge on any atom is 0.335 e. The van der Waals surface area contributed by atoms with Gasteiger partial charge in [-0.1, -0.05) is 19.3 Å². The van der Waals surface area contributed by atoms with Crippen molar-refractivity contribution in [3.63, 3.8) is 0 Å². The third-order valence-corrected chi connectivity index (χ3v) is 3.57. The van der Waals surface area contributed by atoms with Gasteiger partial charge in [0.2, 0.25) is 0 Å². The van der Waals surface area contributed by atoms with Crippen molar-refractivity contribution in [3.05, 3.63) is 23.8 Å². The summed E-state index contributed by atoms with van der Waals surface area (Å²) in [7, 11) is 0. The fraction of sp³-hybridized carbons (Fsp3) is 0.429. The lowest BCUT2D eigenvalue weighted by Gasteiger charge is -2.21. The number of hydrogen-bond acceptors (Lipinski definition) is 4. The minimum atomic E-state index is -0.958. The Labute approximate surface area is 110 Å². The molecule has 0 bridgehead atoms. The van der Waals surface area contributed by atoms with Crippen LogP contribution in [-0.2, 0) is 0 Å². The fourth-order valence-electron chi connectivity index (χ4n) is 2.54. The van der Waals surface area contributed by atoms with Crippen LogP contribution in [0.5, 0.6) is 0 Å². The van der Waals surface area contributed by atoms with E-state index in [-0.39, 0.29) is 5.56 Å². The Morgan fingerprint density at radius 2 is 2.11 bits per heavy atom. The van der Waals surface area contributed by atoms with Gasteiger partial charge >= 0.3 is 5.97 Å². The number of carboxylic acids is 1. The predicted octanol–water partition coefficient (Wildman–Crippen LogP) is 3.27. The van der Waals surface area contributed by atoms with E-state index in [1.54, 1.807) is 6.07 Å². The minimum absolute atomic E-state index is 0.216. The zero-order valence-corrected chi connectivity index (χ0v) is 10.6. The molecule has 2 aromatic rings. The standard InChI is InChI=1S/C14H16N2O3/c17-13(18)9-6-7-11-12(8-9)19-14(16-11)15-10-4-2-1-3-5-10/h6-8,10H,1-5H2,(H,15,16)(H,17,18). The van der Waals surface area contributed by atoms with Crippen molar-refractivity contribution in [2.45, 2.75) is 38.1 Å². The van der Waals surface area contributed by atoms with Crippen LogP contribution in [0, 0.1) is 0 Å². The van der Waals surface area contributed by atoms with Crippen LogP contribution in [0.1, 0.15) is 42.5 Å². The largest absolute Gasteiger partial charge is 0.478 e. The number of anilines is 1. The SMILES string of the molecule is O=C(O)c1ccc2nc(NC3CCCCC3)oc2c1. The number of nitrogens with one attached hydrogen (secondary N) is 1. The number of benzene rings is 1. The lowest BCUT2D eigenvalue weighted by Crippen LogP contribution is -2.22. The van der Waals surface area contributed by atoms with Crippen molar-refractivity contribution in [1.29, 1.82) is 0 Å².